The Kier molecular flexibility index (Phi) is 4.84. The van der Waals surface area contributed by atoms with Crippen LogP contribution in [0.3, 0.4) is 0 Å². The second-order valence-electron chi connectivity index (χ2n) is 10.6. The summed E-state index contributed by atoms with van der Waals surface area (Å²) in [5.74, 6) is 1.01. The van der Waals surface area contributed by atoms with Crippen molar-refractivity contribution < 1.29 is 24.2 Å². The quantitative estimate of drug-likeness (QED) is 0.729. The van der Waals surface area contributed by atoms with Crippen molar-refractivity contribution in [2.75, 3.05) is 6.61 Å². The first-order valence-electron chi connectivity index (χ1n) is 11.2. The number of Topliss-reactive ketones (excluding diaryl/α,β-unsaturated/α-hetero) is 1. The normalized spacial score (nSPS) is 46.2. The van der Waals surface area contributed by atoms with Gasteiger partial charge in [-0.05, 0) is 73.7 Å². The number of carbonyl (C=O) groups is 3. The highest BCUT2D eigenvalue weighted by Crippen LogP contribution is 2.68. The van der Waals surface area contributed by atoms with E-state index in [0.717, 1.165) is 32.1 Å². The van der Waals surface area contributed by atoms with E-state index < -0.39 is 17.0 Å². The number of rotatable bonds is 3. The molecule has 0 amide bonds. The van der Waals surface area contributed by atoms with Crippen LogP contribution in [0.2, 0.25) is 0 Å². The summed E-state index contributed by atoms with van der Waals surface area (Å²) in [6.45, 7) is 7.60. The zero-order valence-electron chi connectivity index (χ0n) is 18.1. The average Bonchev–Trinajstić information content (AvgIpc) is 2.94. The van der Waals surface area contributed by atoms with Crippen LogP contribution in [0.1, 0.15) is 72.6 Å². The summed E-state index contributed by atoms with van der Waals surface area (Å²) < 4.78 is 4.94. The summed E-state index contributed by atoms with van der Waals surface area (Å²) in [6, 6.07) is 0. The van der Waals surface area contributed by atoms with E-state index in [1.165, 1.54) is 12.5 Å². The third-order valence-electron chi connectivity index (χ3n) is 9.30. The molecule has 29 heavy (non-hydrogen) atoms. The van der Waals surface area contributed by atoms with Gasteiger partial charge in [0.05, 0.1) is 0 Å². The standard InChI is InChI=1S/C24H34O5/c1-14-11-17-18(22(3)8-5-16(26)12-20(14)22)6-9-23(4)19(17)7-10-24(23,28)21(27)13-29-15(2)25/h12,14,17-19,28H,5-11,13H2,1-4H3/t14-,17+,18-,19+,22+,23+,24-/m0/s1. The van der Waals surface area contributed by atoms with E-state index in [4.69, 9.17) is 4.74 Å². The molecule has 0 heterocycles. The van der Waals surface area contributed by atoms with Crippen LogP contribution in [-0.4, -0.2) is 34.9 Å². The number of allylic oxidation sites excluding steroid dienone is 1. The fraction of sp³-hybridized carbons (Fsp3) is 0.792. The molecule has 160 valence electrons. The fourth-order valence-electron chi connectivity index (χ4n) is 7.75. The maximum absolute atomic E-state index is 12.9. The number of hydrogen-bond acceptors (Lipinski definition) is 5. The van der Waals surface area contributed by atoms with Crippen LogP contribution in [-0.2, 0) is 19.1 Å². The highest BCUT2D eigenvalue weighted by atomic mass is 16.5. The minimum atomic E-state index is -1.42. The van der Waals surface area contributed by atoms with Gasteiger partial charge < -0.3 is 9.84 Å². The number of ether oxygens (including phenoxy) is 1. The number of carbonyl (C=O) groups excluding carboxylic acids is 3. The Labute approximate surface area is 173 Å². The van der Waals surface area contributed by atoms with E-state index in [9.17, 15) is 19.5 Å². The minimum Gasteiger partial charge on any atom is -0.458 e. The van der Waals surface area contributed by atoms with Gasteiger partial charge in [-0.2, -0.15) is 0 Å². The van der Waals surface area contributed by atoms with Crippen molar-refractivity contribution in [3.05, 3.63) is 11.6 Å². The van der Waals surface area contributed by atoms with Crippen molar-refractivity contribution in [1.82, 2.24) is 0 Å². The molecule has 3 saturated carbocycles. The lowest BCUT2D eigenvalue weighted by Crippen LogP contribution is -2.58. The molecule has 0 spiro atoms. The zero-order valence-corrected chi connectivity index (χ0v) is 18.1. The van der Waals surface area contributed by atoms with Crippen LogP contribution in [0.4, 0.5) is 0 Å². The Hall–Kier alpha value is -1.49. The first-order chi connectivity index (χ1) is 13.5. The largest absolute Gasteiger partial charge is 0.458 e. The maximum atomic E-state index is 12.9. The highest BCUT2D eigenvalue weighted by molar-refractivity contribution is 5.92. The summed E-state index contributed by atoms with van der Waals surface area (Å²) in [5, 5.41) is 11.5. The monoisotopic (exact) mass is 402 g/mol. The van der Waals surface area contributed by atoms with Gasteiger partial charge in [0, 0.05) is 18.8 Å². The van der Waals surface area contributed by atoms with E-state index in [-0.39, 0.29) is 29.5 Å². The SMILES string of the molecule is CC(=O)OCC(=O)[C@@]1(O)CC[C@@H]2[C@@H]3C[C@H](C)C4=CC(=O)CC[C@]4(C)[C@H]3CC[C@]21C. The molecule has 0 aromatic rings. The van der Waals surface area contributed by atoms with E-state index in [2.05, 4.69) is 20.8 Å². The average molecular weight is 403 g/mol. The van der Waals surface area contributed by atoms with Crippen LogP contribution in [0.5, 0.6) is 0 Å². The van der Waals surface area contributed by atoms with Crippen LogP contribution in [0, 0.1) is 34.5 Å². The summed E-state index contributed by atoms with van der Waals surface area (Å²) in [7, 11) is 0. The minimum absolute atomic E-state index is 0.0556. The fourth-order valence-corrected chi connectivity index (χ4v) is 7.75. The lowest BCUT2D eigenvalue weighted by atomic mass is 9.44. The lowest BCUT2D eigenvalue weighted by Gasteiger charge is -2.60. The van der Waals surface area contributed by atoms with E-state index in [1.54, 1.807) is 0 Å². The highest BCUT2D eigenvalue weighted by Gasteiger charge is 2.66. The lowest BCUT2D eigenvalue weighted by molar-refractivity contribution is -0.170. The Balaban J connectivity index is 1.64. The predicted molar refractivity (Wildman–Crippen MR) is 108 cm³/mol. The Bertz CT molecular complexity index is 784. The van der Waals surface area contributed by atoms with Gasteiger partial charge in [0.2, 0.25) is 5.78 Å². The van der Waals surface area contributed by atoms with Gasteiger partial charge in [0.1, 0.15) is 5.60 Å². The van der Waals surface area contributed by atoms with Gasteiger partial charge in [-0.25, -0.2) is 0 Å². The van der Waals surface area contributed by atoms with Crippen molar-refractivity contribution in [2.45, 2.75) is 78.2 Å². The molecule has 4 rings (SSSR count). The first kappa shape index (κ1) is 20.8. The van der Waals surface area contributed by atoms with Gasteiger partial charge in [0.25, 0.3) is 0 Å². The summed E-state index contributed by atoms with van der Waals surface area (Å²) in [4.78, 5) is 36.2. The molecule has 0 aromatic carbocycles. The molecule has 1 N–H and O–H groups in total. The van der Waals surface area contributed by atoms with Crippen molar-refractivity contribution in [3.63, 3.8) is 0 Å². The maximum Gasteiger partial charge on any atom is 0.303 e. The number of aliphatic hydroxyl groups is 1. The molecular formula is C24H34O5. The summed E-state index contributed by atoms with van der Waals surface area (Å²) in [6.07, 6.45) is 7.54. The molecule has 0 unspecified atom stereocenters. The van der Waals surface area contributed by atoms with Gasteiger partial charge in [0.15, 0.2) is 12.4 Å². The molecule has 0 aliphatic heterocycles. The van der Waals surface area contributed by atoms with Gasteiger partial charge >= 0.3 is 5.97 Å². The molecule has 5 nitrogen and oxygen atoms in total. The molecular weight excluding hydrogens is 368 g/mol. The van der Waals surface area contributed by atoms with E-state index >= 15 is 0 Å². The van der Waals surface area contributed by atoms with Gasteiger partial charge in [-0.3, -0.25) is 14.4 Å². The molecule has 4 aliphatic carbocycles. The molecule has 7 atom stereocenters. The van der Waals surface area contributed by atoms with Crippen molar-refractivity contribution in [1.29, 1.82) is 0 Å². The molecule has 0 bridgehead atoms. The summed E-state index contributed by atoms with van der Waals surface area (Å²) in [5.41, 5.74) is -0.508. The number of fused-ring (bicyclic) bond motifs is 5. The Morgan fingerprint density at radius 1 is 1.17 bits per heavy atom. The third-order valence-corrected chi connectivity index (χ3v) is 9.30. The smallest absolute Gasteiger partial charge is 0.303 e. The van der Waals surface area contributed by atoms with Crippen molar-refractivity contribution in [2.24, 2.45) is 34.5 Å². The van der Waals surface area contributed by atoms with Crippen LogP contribution >= 0.6 is 0 Å². The van der Waals surface area contributed by atoms with Crippen molar-refractivity contribution in [3.8, 4) is 0 Å². The summed E-state index contributed by atoms with van der Waals surface area (Å²) >= 11 is 0. The Morgan fingerprint density at radius 2 is 1.86 bits per heavy atom. The second kappa shape index (κ2) is 6.76. The Morgan fingerprint density at radius 3 is 2.55 bits per heavy atom. The topological polar surface area (TPSA) is 80.7 Å². The molecule has 0 radical (unpaired) electrons. The van der Waals surface area contributed by atoms with E-state index in [1.807, 2.05) is 6.08 Å². The number of ketones is 2. The molecule has 3 fully saturated rings. The van der Waals surface area contributed by atoms with Crippen LogP contribution in [0.25, 0.3) is 0 Å². The molecule has 4 aliphatic rings. The molecule has 0 aromatic heterocycles. The van der Waals surface area contributed by atoms with Gasteiger partial charge in [-0.1, -0.05) is 26.3 Å². The molecule has 0 saturated heterocycles. The first-order valence-corrected chi connectivity index (χ1v) is 11.2. The zero-order chi connectivity index (χ0) is 21.2. The van der Waals surface area contributed by atoms with Gasteiger partial charge in [-0.15, -0.1) is 0 Å². The van der Waals surface area contributed by atoms with Crippen LogP contribution < -0.4 is 0 Å². The third kappa shape index (κ3) is 2.87. The number of esters is 1. The van der Waals surface area contributed by atoms with Crippen LogP contribution in [0.15, 0.2) is 11.6 Å². The predicted octanol–water partition coefficient (Wildman–Crippen LogP) is 3.63. The number of hydrogen-bond donors (Lipinski definition) is 1. The van der Waals surface area contributed by atoms with Crippen molar-refractivity contribution >= 4 is 17.5 Å². The second-order valence-corrected chi connectivity index (χ2v) is 10.6. The van der Waals surface area contributed by atoms with E-state index in [0.29, 0.717) is 30.6 Å². The molecule has 5 heteroatoms.